The highest BCUT2D eigenvalue weighted by Crippen LogP contribution is 2.66. The number of hydrogen-bond donors (Lipinski definition) is 0. The molecule has 2 aliphatic rings. The molecule has 0 radical (unpaired) electrons. The summed E-state index contributed by atoms with van der Waals surface area (Å²) in [6.45, 7) is 6.95. The van der Waals surface area contributed by atoms with E-state index in [1.54, 1.807) is 6.08 Å². The summed E-state index contributed by atoms with van der Waals surface area (Å²) in [7, 11) is 0. The summed E-state index contributed by atoms with van der Waals surface area (Å²) in [6.07, 6.45) is 6.91. The Bertz CT molecular complexity index is 558. The molecule has 2 heteroatoms. The Labute approximate surface area is 127 Å². The smallest absolute Gasteiger partial charge is 0.331 e. The second kappa shape index (κ2) is 5.01. The first-order valence-electron chi connectivity index (χ1n) is 7.87. The van der Waals surface area contributed by atoms with E-state index in [0.717, 1.165) is 12.0 Å². The first kappa shape index (κ1) is 14.4. The van der Waals surface area contributed by atoms with Gasteiger partial charge >= 0.3 is 5.97 Å². The summed E-state index contributed by atoms with van der Waals surface area (Å²) in [6, 6.07) is 9.85. The lowest BCUT2D eigenvalue weighted by atomic mass is 9.70. The topological polar surface area (TPSA) is 26.3 Å². The Kier molecular flexibility index (Phi) is 3.43. The molecule has 2 bridgehead atoms. The molecule has 0 aromatic heterocycles. The van der Waals surface area contributed by atoms with Crippen LogP contribution in [0.2, 0.25) is 0 Å². The third kappa shape index (κ3) is 2.31. The van der Waals surface area contributed by atoms with Gasteiger partial charge in [0.2, 0.25) is 0 Å². The van der Waals surface area contributed by atoms with Crippen LogP contribution in [0, 0.1) is 16.7 Å². The lowest BCUT2D eigenvalue weighted by Gasteiger charge is -2.38. The number of carbonyl (C=O) groups is 1. The highest BCUT2D eigenvalue weighted by atomic mass is 16.5. The first-order chi connectivity index (χ1) is 9.93. The average molecular weight is 284 g/mol. The van der Waals surface area contributed by atoms with Crippen molar-refractivity contribution in [2.24, 2.45) is 16.7 Å². The molecular weight excluding hydrogens is 260 g/mol. The van der Waals surface area contributed by atoms with E-state index in [2.05, 4.69) is 20.8 Å². The van der Waals surface area contributed by atoms with Gasteiger partial charge in [0.15, 0.2) is 0 Å². The van der Waals surface area contributed by atoms with E-state index in [1.165, 1.54) is 12.8 Å². The molecule has 1 aromatic carbocycles. The van der Waals surface area contributed by atoms with Gasteiger partial charge in [0.05, 0.1) is 0 Å². The van der Waals surface area contributed by atoms with E-state index in [0.29, 0.717) is 5.92 Å². The monoisotopic (exact) mass is 284 g/mol. The molecule has 0 aliphatic heterocycles. The molecule has 3 rings (SSSR count). The molecule has 0 N–H and O–H groups in total. The Morgan fingerprint density at radius 1 is 1.24 bits per heavy atom. The second-order valence-corrected chi connectivity index (χ2v) is 7.28. The van der Waals surface area contributed by atoms with Crippen molar-refractivity contribution in [3.8, 4) is 0 Å². The molecule has 1 aromatic rings. The Balaban J connectivity index is 1.66. The summed E-state index contributed by atoms with van der Waals surface area (Å²) >= 11 is 0. The molecule has 2 saturated carbocycles. The standard InChI is InChI=1S/C19H24O2/c1-18(2)15-11-12-19(18,3)16(13-15)21-17(20)10-9-14-7-5-4-6-8-14/h4-10,15-16H,11-13H2,1-3H3/b10-9+/t15-,16+,19+/m1/s1. The fourth-order valence-corrected chi connectivity index (χ4v) is 4.22. The van der Waals surface area contributed by atoms with Crippen LogP contribution in [0.4, 0.5) is 0 Å². The number of rotatable bonds is 3. The fraction of sp³-hybridized carbons (Fsp3) is 0.526. The van der Waals surface area contributed by atoms with Crippen LogP contribution in [0.25, 0.3) is 6.08 Å². The molecule has 21 heavy (non-hydrogen) atoms. The number of benzene rings is 1. The maximum Gasteiger partial charge on any atom is 0.331 e. The summed E-state index contributed by atoms with van der Waals surface area (Å²) in [4.78, 5) is 12.1. The number of ether oxygens (including phenoxy) is 1. The largest absolute Gasteiger partial charge is 0.459 e. The molecular formula is C19H24O2. The Morgan fingerprint density at radius 2 is 1.95 bits per heavy atom. The van der Waals surface area contributed by atoms with Crippen LogP contribution in [0.15, 0.2) is 36.4 Å². The maximum atomic E-state index is 12.1. The second-order valence-electron chi connectivity index (χ2n) is 7.28. The van der Waals surface area contributed by atoms with Crippen molar-refractivity contribution in [2.75, 3.05) is 0 Å². The van der Waals surface area contributed by atoms with Gasteiger partial charge in [-0.3, -0.25) is 0 Å². The van der Waals surface area contributed by atoms with Crippen molar-refractivity contribution in [2.45, 2.75) is 46.1 Å². The van der Waals surface area contributed by atoms with Crippen LogP contribution in [-0.2, 0) is 9.53 Å². The van der Waals surface area contributed by atoms with Crippen LogP contribution < -0.4 is 0 Å². The molecule has 0 heterocycles. The minimum absolute atomic E-state index is 0.0687. The van der Waals surface area contributed by atoms with Crippen molar-refractivity contribution >= 4 is 12.0 Å². The average Bonchev–Trinajstić information content (AvgIpc) is 2.79. The predicted molar refractivity (Wildman–Crippen MR) is 84.6 cm³/mol. The van der Waals surface area contributed by atoms with Gasteiger partial charge in [-0.15, -0.1) is 0 Å². The summed E-state index contributed by atoms with van der Waals surface area (Å²) in [5.41, 5.74) is 1.43. The summed E-state index contributed by atoms with van der Waals surface area (Å²) in [5, 5.41) is 0. The first-order valence-corrected chi connectivity index (χ1v) is 7.87. The van der Waals surface area contributed by atoms with E-state index >= 15 is 0 Å². The van der Waals surface area contributed by atoms with Gasteiger partial charge in [-0.05, 0) is 42.2 Å². The molecule has 0 saturated heterocycles. The van der Waals surface area contributed by atoms with Gasteiger partial charge in [0, 0.05) is 11.5 Å². The maximum absolute atomic E-state index is 12.1. The molecule has 2 nitrogen and oxygen atoms in total. The van der Waals surface area contributed by atoms with Crippen molar-refractivity contribution in [3.63, 3.8) is 0 Å². The van der Waals surface area contributed by atoms with Crippen LogP contribution >= 0.6 is 0 Å². The van der Waals surface area contributed by atoms with Gasteiger partial charge in [0.1, 0.15) is 6.10 Å². The molecule has 0 spiro atoms. The van der Waals surface area contributed by atoms with E-state index in [1.807, 2.05) is 36.4 Å². The normalized spacial score (nSPS) is 33.5. The number of esters is 1. The lowest BCUT2D eigenvalue weighted by Crippen LogP contribution is -2.38. The van der Waals surface area contributed by atoms with Gasteiger partial charge in [0.25, 0.3) is 0 Å². The number of carbonyl (C=O) groups excluding carboxylic acids is 1. The minimum atomic E-state index is -0.214. The zero-order valence-corrected chi connectivity index (χ0v) is 13.1. The van der Waals surface area contributed by atoms with E-state index < -0.39 is 0 Å². The highest BCUT2D eigenvalue weighted by Gasteiger charge is 2.62. The van der Waals surface area contributed by atoms with E-state index in [9.17, 15) is 4.79 Å². The van der Waals surface area contributed by atoms with Crippen LogP contribution in [-0.4, -0.2) is 12.1 Å². The molecule has 2 aliphatic carbocycles. The fourth-order valence-electron chi connectivity index (χ4n) is 4.22. The van der Waals surface area contributed by atoms with E-state index in [4.69, 9.17) is 4.74 Å². The van der Waals surface area contributed by atoms with Crippen molar-refractivity contribution in [1.29, 1.82) is 0 Å². The molecule has 112 valence electrons. The van der Waals surface area contributed by atoms with Crippen molar-refractivity contribution < 1.29 is 9.53 Å². The summed E-state index contributed by atoms with van der Waals surface area (Å²) in [5.74, 6) is 0.479. The zero-order chi connectivity index (χ0) is 15.1. The molecule has 0 amide bonds. The van der Waals surface area contributed by atoms with Gasteiger partial charge < -0.3 is 4.74 Å². The van der Waals surface area contributed by atoms with Crippen molar-refractivity contribution in [1.82, 2.24) is 0 Å². The van der Waals surface area contributed by atoms with Crippen molar-refractivity contribution in [3.05, 3.63) is 42.0 Å². The number of fused-ring (bicyclic) bond motifs is 2. The molecule has 3 atom stereocenters. The van der Waals surface area contributed by atoms with Gasteiger partial charge in [-0.1, -0.05) is 51.1 Å². The Morgan fingerprint density at radius 3 is 2.52 bits per heavy atom. The lowest BCUT2D eigenvalue weighted by molar-refractivity contribution is -0.150. The summed E-state index contributed by atoms with van der Waals surface area (Å²) < 4.78 is 5.78. The molecule has 0 unspecified atom stereocenters. The molecule has 2 fully saturated rings. The minimum Gasteiger partial charge on any atom is -0.459 e. The third-order valence-corrected chi connectivity index (χ3v) is 6.18. The van der Waals surface area contributed by atoms with Crippen LogP contribution in [0.5, 0.6) is 0 Å². The van der Waals surface area contributed by atoms with E-state index in [-0.39, 0.29) is 22.9 Å². The van der Waals surface area contributed by atoms with Crippen LogP contribution in [0.3, 0.4) is 0 Å². The quantitative estimate of drug-likeness (QED) is 0.605. The third-order valence-electron chi connectivity index (χ3n) is 6.18. The van der Waals surface area contributed by atoms with Gasteiger partial charge in [-0.2, -0.15) is 0 Å². The SMILES string of the molecule is CC1(C)[C@@H]2CC[C@@]1(C)[C@@H](OC(=O)/C=C/c1ccccc1)C2. The van der Waals surface area contributed by atoms with Gasteiger partial charge in [-0.25, -0.2) is 4.79 Å². The van der Waals surface area contributed by atoms with Crippen LogP contribution in [0.1, 0.15) is 45.6 Å². The predicted octanol–water partition coefficient (Wildman–Crippen LogP) is 4.46. The highest BCUT2D eigenvalue weighted by molar-refractivity contribution is 5.87. The number of hydrogen-bond acceptors (Lipinski definition) is 2. The zero-order valence-electron chi connectivity index (χ0n) is 13.1. The Hall–Kier alpha value is -1.57.